The van der Waals surface area contributed by atoms with Gasteiger partial charge in [-0.3, -0.25) is 4.79 Å². The molecule has 19 heavy (non-hydrogen) atoms. The largest absolute Gasteiger partial charge is 0.481 e. The van der Waals surface area contributed by atoms with E-state index in [2.05, 4.69) is 0 Å². The molecule has 0 aromatic heterocycles. The number of benzene rings is 2. The molecule has 2 aromatic carbocycles. The minimum Gasteiger partial charge on any atom is -0.481 e. The van der Waals surface area contributed by atoms with E-state index in [9.17, 15) is 9.18 Å². The van der Waals surface area contributed by atoms with Crippen molar-refractivity contribution in [1.29, 1.82) is 0 Å². The Kier molecular flexibility index (Phi) is 4.08. The van der Waals surface area contributed by atoms with E-state index in [0.29, 0.717) is 21.2 Å². The van der Waals surface area contributed by atoms with Gasteiger partial charge in [0.15, 0.2) is 0 Å². The maximum atomic E-state index is 13.8. The van der Waals surface area contributed by atoms with Crippen molar-refractivity contribution < 1.29 is 14.3 Å². The first-order valence-electron chi connectivity index (χ1n) is 5.43. The molecule has 0 heterocycles. The van der Waals surface area contributed by atoms with Crippen LogP contribution in [0.3, 0.4) is 0 Å². The molecule has 0 aliphatic rings. The zero-order valence-corrected chi connectivity index (χ0v) is 11.2. The van der Waals surface area contributed by atoms with Crippen LogP contribution >= 0.6 is 23.2 Å². The Balaban J connectivity index is 2.61. The van der Waals surface area contributed by atoms with Gasteiger partial charge in [0.25, 0.3) is 0 Å². The number of carboxylic acid groups (broad SMARTS) is 1. The molecule has 0 aliphatic carbocycles. The maximum Gasteiger partial charge on any atom is 0.307 e. The molecule has 0 bridgehead atoms. The molecule has 0 atom stereocenters. The second-order valence-corrected chi connectivity index (χ2v) is 4.87. The summed E-state index contributed by atoms with van der Waals surface area (Å²) in [5, 5.41) is 9.67. The number of carbonyl (C=O) groups is 1. The molecule has 2 rings (SSSR count). The lowest BCUT2D eigenvalue weighted by Crippen LogP contribution is -2.04. The van der Waals surface area contributed by atoms with E-state index < -0.39 is 18.2 Å². The first kappa shape index (κ1) is 13.8. The van der Waals surface area contributed by atoms with Crippen molar-refractivity contribution in [3.63, 3.8) is 0 Å². The molecule has 2 nitrogen and oxygen atoms in total. The van der Waals surface area contributed by atoms with Crippen LogP contribution < -0.4 is 0 Å². The Bertz CT molecular complexity index is 621. The lowest BCUT2D eigenvalue weighted by atomic mass is 9.97. The predicted molar refractivity (Wildman–Crippen MR) is 73.2 cm³/mol. The van der Waals surface area contributed by atoms with E-state index in [1.165, 1.54) is 12.1 Å². The van der Waals surface area contributed by atoms with Crippen molar-refractivity contribution in [3.8, 4) is 11.1 Å². The average molecular weight is 299 g/mol. The van der Waals surface area contributed by atoms with Crippen molar-refractivity contribution in [1.82, 2.24) is 0 Å². The molecule has 0 fully saturated rings. The summed E-state index contributed by atoms with van der Waals surface area (Å²) in [6.07, 6.45) is -0.397. The van der Waals surface area contributed by atoms with Crippen molar-refractivity contribution >= 4 is 29.2 Å². The Morgan fingerprint density at radius 1 is 1.16 bits per heavy atom. The molecule has 1 N–H and O–H groups in total. The standard InChI is InChI=1S/C14H9Cl2FO2/c15-9-4-8(5-10(16)6-9)11-2-1-3-13(17)12(11)7-14(18)19/h1-6H,7H2,(H,18,19). The van der Waals surface area contributed by atoms with Crippen LogP contribution in [0.4, 0.5) is 4.39 Å². The smallest absolute Gasteiger partial charge is 0.307 e. The Morgan fingerprint density at radius 2 is 1.79 bits per heavy atom. The number of halogens is 3. The summed E-state index contributed by atoms with van der Waals surface area (Å²) in [5.41, 5.74) is 1.19. The van der Waals surface area contributed by atoms with Crippen LogP contribution in [0.25, 0.3) is 11.1 Å². The third kappa shape index (κ3) is 3.25. The topological polar surface area (TPSA) is 37.3 Å². The Morgan fingerprint density at radius 3 is 2.37 bits per heavy atom. The normalized spacial score (nSPS) is 10.5. The highest BCUT2D eigenvalue weighted by molar-refractivity contribution is 6.35. The van der Waals surface area contributed by atoms with Crippen molar-refractivity contribution in [2.75, 3.05) is 0 Å². The summed E-state index contributed by atoms with van der Waals surface area (Å²) in [6.45, 7) is 0. The van der Waals surface area contributed by atoms with Gasteiger partial charge in [0.2, 0.25) is 0 Å². The second-order valence-electron chi connectivity index (χ2n) is 3.99. The third-order valence-electron chi connectivity index (χ3n) is 2.62. The summed E-state index contributed by atoms with van der Waals surface area (Å²) in [5.74, 6) is -1.66. The number of aliphatic carboxylic acids is 1. The van der Waals surface area contributed by atoms with Crippen LogP contribution in [0.5, 0.6) is 0 Å². The van der Waals surface area contributed by atoms with Gasteiger partial charge in [-0.15, -0.1) is 0 Å². The zero-order chi connectivity index (χ0) is 14.0. The van der Waals surface area contributed by atoms with Crippen LogP contribution in [0.15, 0.2) is 36.4 Å². The van der Waals surface area contributed by atoms with Crippen molar-refractivity contribution in [3.05, 3.63) is 57.8 Å². The molecular weight excluding hydrogens is 290 g/mol. The number of carboxylic acids is 1. The molecule has 0 unspecified atom stereocenters. The molecule has 0 amide bonds. The van der Waals surface area contributed by atoms with Gasteiger partial charge in [-0.1, -0.05) is 35.3 Å². The van der Waals surface area contributed by atoms with Crippen molar-refractivity contribution in [2.24, 2.45) is 0 Å². The van der Waals surface area contributed by atoms with Gasteiger partial charge in [0.05, 0.1) is 6.42 Å². The fourth-order valence-electron chi connectivity index (χ4n) is 1.87. The van der Waals surface area contributed by atoms with Crippen LogP contribution in [0, 0.1) is 5.82 Å². The average Bonchev–Trinajstić information content (AvgIpc) is 2.30. The van der Waals surface area contributed by atoms with Gasteiger partial charge in [-0.05, 0) is 35.4 Å². The lowest BCUT2D eigenvalue weighted by Gasteiger charge is -2.10. The molecule has 0 spiro atoms. The first-order chi connectivity index (χ1) is 8.97. The SMILES string of the molecule is O=C(O)Cc1c(F)cccc1-c1cc(Cl)cc(Cl)c1. The van der Waals surface area contributed by atoms with Crippen molar-refractivity contribution in [2.45, 2.75) is 6.42 Å². The summed E-state index contributed by atoms with van der Waals surface area (Å²) in [4.78, 5) is 10.8. The molecular formula is C14H9Cl2FO2. The molecule has 0 saturated heterocycles. The third-order valence-corrected chi connectivity index (χ3v) is 3.06. The van der Waals surface area contributed by atoms with Gasteiger partial charge >= 0.3 is 5.97 Å². The highest BCUT2D eigenvalue weighted by atomic mass is 35.5. The highest BCUT2D eigenvalue weighted by Gasteiger charge is 2.14. The summed E-state index contributed by atoms with van der Waals surface area (Å²) in [6, 6.07) is 9.19. The van der Waals surface area contributed by atoms with Gasteiger partial charge in [-0.2, -0.15) is 0 Å². The van der Waals surface area contributed by atoms with E-state index in [0.717, 1.165) is 0 Å². The van der Waals surface area contributed by atoms with E-state index in [4.69, 9.17) is 28.3 Å². The minimum absolute atomic E-state index is 0.119. The summed E-state index contributed by atoms with van der Waals surface area (Å²) < 4.78 is 13.8. The first-order valence-corrected chi connectivity index (χ1v) is 6.18. The molecule has 2 aromatic rings. The summed E-state index contributed by atoms with van der Waals surface area (Å²) in [7, 11) is 0. The zero-order valence-electron chi connectivity index (χ0n) is 9.66. The van der Waals surface area contributed by atoms with Crippen LogP contribution in [-0.2, 0) is 11.2 Å². The van der Waals surface area contributed by atoms with Gasteiger partial charge in [-0.25, -0.2) is 4.39 Å². The van der Waals surface area contributed by atoms with Crippen LogP contribution in [0.2, 0.25) is 10.0 Å². The number of hydrogen-bond acceptors (Lipinski definition) is 1. The quantitative estimate of drug-likeness (QED) is 0.910. The van der Waals surface area contributed by atoms with Gasteiger partial charge < -0.3 is 5.11 Å². The lowest BCUT2D eigenvalue weighted by molar-refractivity contribution is -0.136. The number of hydrogen-bond donors (Lipinski definition) is 1. The monoisotopic (exact) mass is 298 g/mol. The fourth-order valence-corrected chi connectivity index (χ4v) is 2.40. The van der Waals surface area contributed by atoms with Gasteiger partial charge in [0, 0.05) is 15.6 Å². The minimum atomic E-state index is -1.10. The Hall–Kier alpha value is -1.58. The molecule has 5 heteroatoms. The molecule has 0 saturated carbocycles. The van der Waals surface area contributed by atoms with E-state index in [1.54, 1.807) is 24.3 Å². The summed E-state index contributed by atoms with van der Waals surface area (Å²) >= 11 is 11.8. The van der Waals surface area contributed by atoms with Gasteiger partial charge in [0.1, 0.15) is 5.82 Å². The van der Waals surface area contributed by atoms with Crippen LogP contribution in [0.1, 0.15) is 5.56 Å². The van der Waals surface area contributed by atoms with Crippen LogP contribution in [-0.4, -0.2) is 11.1 Å². The molecule has 0 radical (unpaired) electrons. The predicted octanol–water partition coefficient (Wildman–Crippen LogP) is 4.43. The number of rotatable bonds is 3. The maximum absolute atomic E-state index is 13.8. The molecule has 98 valence electrons. The second kappa shape index (κ2) is 5.59. The highest BCUT2D eigenvalue weighted by Crippen LogP contribution is 2.31. The van der Waals surface area contributed by atoms with E-state index in [-0.39, 0.29) is 5.56 Å². The Labute approximate surface area is 119 Å². The fraction of sp³-hybridized carbons (Fsp3) is 0.0714. The van der Waals surface area contributed by atoms with E-state index >= 15 is 0 Å². The van der Waals surface area contributed by atoms with E-state index in [1.807, 2.05) is 0 Å². The molecule has 0 aliphatic heterocycles.